The molecule has 24 heavy (non-hydrogen) atoms. The van der Waals surface area contributed by atoms with Gasteiger partial charge in [-0.1, -0.05) is 0 Å². The van der Waals surface area contributed by atoms with E-state index in [1.807, 2.05) is 11.9 Å². The summed E-state index contributed by atoms with van der Waals surface area (Å²) >= 11 is 0. The number of ketones is 1. The first-order chi connectivity index (χ1) is 11.5. The predicted molar refractivity (Wildman–Crippen MR) is 91.8 cm³/mol. The van der Waals surface area contributed by atoms with E-state index in [-0.39, 0.29) is 11.7 Å². The van der Waals surface area contributed by atoms with E-state index in [0.717, 1.165) is 19.5 Å². The molecule has 1 saturated heterocycles. The van der Waals surface area contributed by atoms with Gasteiger partial charge >= 0.3 is 0 Å². The van der Waals surface area contributed by atoms with Gasteiger partial charge in [0.05, 0.1) is 13.7 Å². The summed E-state index contributed by atoms with van der Waals surface area (Å²) in [5, 5.41) is 3.27. The molecule has 0 spiro atoms. The van der Waals surface area contributed by atoms with E-state index in [1.165, 1.54) is 6.92 Å². The normalized spacial score (nSPS) is 16.7. The summed E-state index contributed by atoms with van der Waals surface area (Å²) < 4.78 is 11.0. The first-order valence-electron chi connectivity index (χ1n) is 8.31. The second-order valence-corrected chi connectivity index (χ2v) is 6.03. The third kappa shape index (κ3) is 4.71. The number of ether oxygens (including phenoxy) is 2. The number of hydrogen-bond donors (Lipinski definition) is 1. The molecule has 132 valence electrons. The molecule has 1 fully saturated rings. The molecule has 0 bridgehead atoms. The molecule has 6 nitrogen and oxygen atoms in total. The lowest BCUT2D eigenvalue weighted by molar-refractivity contribution is -0.131. The van der Waals surface area contributed by atoms with E-state index in [9.17, 15) is 9.59 Å². The highest BCUT2D eigenvalue weighted by atomic mass is 16.5. The Labute approximate surface area is 143 Å². The van der Waals surface area contributed by atoms with Crippen LogP contribution in [0.25, 0.3) is 0 Å². The number of likely N-dealkylation sites (N-methyl/N-ethyl adjacent to an activating group) is 1. The van der Waals surface area contributed by atoms with Crippen LogP contribution in [0.1, 0.15) is 36.5 Å². The van der Waals surface area contributed by atoms with Crippen LogP contribution in [0, 0.1) is 0 Å². The summed E-state index contributed by atoms with van der Waals surface area (Å²) in [5.74, 6) is 1.24. The highest BCUT2D eigenvalue weighted by Gasteiger charge is 2.22. The molecular weight excluding hydrogens is 308 g/mol. The SMILES string of the molecule is COc1cc(C(C)=O)ccc1OCCCC(=O)N(C)C1CCNC1. The number of nitrogens with zero attached hydrogens (tertiary/aromatic N) is 1. The van der Waals surface area contributed by atoms with Gasteiger partial charge in [0.25, 0.3) is 0 Å². The van der Waals surface area contributed by atoms with Gasteiger partial charge in [-0.25, -0.2) is 0 Å². The van der Waals surface area contributed by atoms with Gasteiger partial charge in [0.2, 0.25) is 5.91 Å². The number of rotatable bonds is 8. The molecule has 1 N–H and O–H groups in total. The summed E-state index contributed by atoms with van der Waals surface area (Å²) in [6.45, 7) is 3.79. The molecule has 1 aromatic carbocycles. The van der Waals surface area contributed by atoms with Crippen LogP contribution in [-0.4, -0.2) is 56.5 Å². The molecule has 1 aliphatic rings. The zero-order valence-electron chi connectivity index (χ0n) is 14.6. The average Bonchev–Trinajstić information content (AvgIpc) is 3.12. The fourth-order valence-corrected chi connectivity index (χ4v) is 2.76. The van der Waals surface area contributed by atoms with Crippen molar-refractivity contribution in [2.24, 2.45) is 0 Å². The zero-order valence-corrected chi connectivity index (χ0v) is 14.6. The van der Waals surface area contributed by atoms with Crippen LogP contribution in [-0.2, 0) is 4.79 Å². The Morgan fingerprint density at radius 2 is 2.12 bits per heavy atom. The van der Waals surface area contributed by atoms with Gasteiger partial charge < -0.3 is 19.7 Å². The molecule has 0 aliphatic carbocycles. The Morgan fingerprint density at radius 3 is 2.75 bits per heavy atom. The monoisotopic (exact) mass is 334 g/mol. The highest BCUT2D eigenvalue weighted by molar-refractivity contribution is 5.94. The second kappa shape index (κ2) is 8.68. The van der Waals surface area contributed by atoms with Gasteiger partial charge in [-0.2, -0.15) is 0 Å². The fraction of sp³-hybridized carbons (Fsp3) is 0.556. The van der Waals surface area contributed by atoms with Crippen molar-refractivity contribution in [3.63, 3.8) is 0 Å². The predicted octanol–water partition coefficient (Wildman–Crippen LogP) is 1.88. The van der Waals surface area contributed by atoms with Crippen LogP contribution in [0.5, 0.6) is 11.5 Å². The van der Waals surface area contributed by atoms with Gasteiger partial charge in [-0.05, 0) is 44.5 Å². The number of carbonyl (C=O) groups excluding carboxylic acids is 2. The third-order valence-corrected chi connectivity index (χ3v) is 4.34. The lowest BCUT2D eigenvalue weighted by Crippen LogP contribution is -2.38. The molecule has 6 heteroatoms. The van der Waals surface area contributed by atoms with Crippen LogP contribution in [0.3, 0.4) is 0 Å². The molecule has 2 rings (SSSR count). The molecule has 1 unspecified atom stereocenters. The molecule has 1 aliphatic heterocycles. The lowest BCUT2D eigenvalue weighted by Gasteiger charge is -2.23. The Morgan fingerprint density at radius 1 is 1.33 bits per heavy atom. The molecule has 0 aromatic heterocycles. The van der Waals surface area contributed by atoms with Gasteiger partial charge in [-0.15, -0.1) is 0 Å². The summed E-state index contributed by atoms with van der Waals surface area (Å²) in [6.07, 6.45) is 2.11. The number of hydrogen-bond acceptors (Lipinski definition) is 5. The first kappa shape index (κ1) is 18.3. The van der Waals surface area contributed by atoms with E-state index in [1.54, 1.807) is 25.3 Å². The smallest absolute Gasteiger partial charge is 0.222 e. The first-order valence-corrected chi connectivity index (χ1v) is 8.31. The number of Topliss-reactive ketones (excluding diaryl/α,β-unsaturated/α-hetero) is 1. The Kier molecular flexibility index (Phi) is 6.61. The van der Waals surface area contributed by atoms with Gasteiger partial charge in [0.1, 0.15) is 0 Å². The van der Waals surface area contributed by atoms with E-state index < -0.39 is 0 Å². The van der Waals surface area contributed by atoms with Crippen LogP contribution < -0.4 is 14.8 Å². The highest BCUT2D eigenvalue weighted by Crippen LogP contribution is 2.28. The molecule has 1 heterocycles. The standard InChI is InChI=1S/C18H26N2O4/c1-13(21)14-6-7-16(17(11-14)23-3)24-10-4-5-18(22)20(2)15-8-9-19-12-15/h6-7,11,15,19H,4-5,8-10,12H2,1-3H3. The Balaban J connectivity index is 1.79. The number of carbonyl (C=O) groups is 2. The van der Waals surface area contributed by atoms with Crippen LogP contribution in [0.2, 0.25) is 0 Å². The Bertz CT molecular complexity index is 582. The van der Waals surface area contributed by atoms with Crippen molar-refractivity contribution in [2.75, 3.05) is 33.9 Å². The maximum atomic E-state index is 12.2. The van der Waals surface area contributed by atoms with E-state index in [2.05, 4.69) is 5.32 Å². The number of benzene rings is 1. The van der Waals surface area contributed by atoms with Gasteiger partial charge in [0.15, 0.2) is 17.3 Å². The topological polar surface area (TPSA) is 67.9 Å². The quantitative estimate of drug-likeness (QED) is 0.581. The minimum atomic E-state index is -0.0186. The Hall–Kier alpha value is -2.08. The van der Waals surface area contributed by atoms with Crippen LogP contribution in [0.15, 0.2) is 18.2 Å². The molecular formula is C18H26N2O4. The molecule has 0 radical (unpaired) electrons. The maximum absolute atomic E-state index is 12.2. The van der Waals surface area contributed by atoms with Crippen molar-refractivity contribution in [3.8, 4) is 11.5 Å². The van der Waals surface area contributed by atoms with Crippen molar-refractivity contribution in [1.29, 1.82) is 0 Å². The van der Waals surface area contributed by atoms with Crippen LogP contribution >= 0.6 is 0 Å². The molecule has 1 atom stereocenters. The lowest BCUT2D eigenvalue weighted by atomic mass is 10.1. The van der Waals surface area contributed by atoms with Crippen molar-refractivity contribution in [1.82, 2.24) is 10.2 Å². The van der Waals surface area contributed by atoms with E-state index >= 15 is 0 Å². The number of nitrogens with one attached hydrogen (secondary N) is 1. The molecule has 1 amide bonds. The largest absolute Gasteiger partial charge is 0.493 e. The summed E-state index contributed by atoms with van der Waals surface area (Å²) in [7, 11) is 3.41. The summed E-state index contributed by atoms with van der Waals surface area (Å²) in [5.41, 5.74) is 0.584. The van der Waals surface area contributed by atoms with Gasteiger partial charge in [0, 0.05) is 31.6 Å². The van der Waals surface area contributed by atoms with E-state index in [0.29, 0.717) is 42.6 Å². The fourth-order valence-electron chi connectivity index (χ4n) is 2.76. The summed E-state index contributed by atoms with van der Waals surface area (Å²) in [6, 6.07) is 5.42. The van der Waals surface area contributed by atoms with Gasteiger partial charge in [-0.3, -0.25) is 9.59 Å². The minimum Gasteiger partial charge on any atom is -0.493 e. The molecule has 0 saturated carbocycles. The van der Waals surface area contributed by atoms with Crippen LogP contribution in [0.4, 0.5) is 0 Å². The number of methoxy groups -OCH3 is 1. The number of amides is 1. The zero-order chi connectivity index (χ0) is 17.5. The van der Waals surface area contributed by atoms with Crippen molar-refractivity contribution < 1.29 is 19.1 Å². The second-order valence-electron chi connectivity index (χ2n) is 6.03. The minimum absolute atomic E-state index is 0.0186. The van der Waals surface area contributed by atoms with Crippen molar-refractivity contribution >= 4 is 11.7 Å². The van der Waals surface area contributed by atoms with Crippen molar-refractivity contribution in [2.45, 2.75) is 32.2 Å². The molecule has 1 aromatic rings. The third-order valence-electron chi connectivity index (χ3n) is 4.34. The van der Waals surface area contributed by atoms with E-state index in [4.69, 9.17) is 9.47 Å². The summed E-state index contributed by atoms with van der Waals surface area (Å²) in [4.78, 5) is 25.4. The van der Waals surface area contributed by atoms with Crippen molar-refractivity contribution in [3.05, 3.63) is 23.8 Å². The maximum Gasteiger partial charge on any atom is 0.222 e. The average molecular weight is 334 g/mol.